The molecule has 4 nitrogen and oxygen atoms in total. The number of nitrogens with zero attached hydrogens (tertiary/aromatic N) is 2. The van der Waals surface area contributed by atoms with E-state index in [1.54, 1.807) is 20.8 Å². The van der Waals surface area contributed by atoms with Crippen LogP contribution in [0.2, 0.25) is 0 Å². The second kappa shape index (κ2) is 5.44. The van der Waals surface area contributed by atoms with E-state index >= 15 is 0 Å². The van der Waals surface area contributed by atoms with E-state index in [1.807, 2.05) is 0 Å². The molecule has 0 spiro atoms. The van der Waals surface area contributed by atoms with Gasteiger partial charge in [-0.3, -0.25) is 0 Å². The molecule has 0 unspecified atom stereocenters. The Balaban J connectivity index is 0. The van der Waals surface area contributed by atoms with Gasteiger partial charge in [0.1, 0.15) is 11.3 Å². The van der Waals surface area contributed by atoms with E-state index in [-0.39, 0.29) is 22.8 Å². The Kier molecular flexibility index (Phi) is 5.91. The second-order valence-corrected chi connectivity index (χ2v) is 3.50. The first kappa shape index (κ1) is 15.2. The van der Waals surface area contributed by atoms with Gasteiger partial charge in [0.15, 0.2) is 0 Å². The minimum atomic E-state index is -1.02. The fraction of sp³-hybridized carbons (Fsp3) is 0.444. The molecule has 0 saturated carbocycles. The Morgan fingerprint density at radius 3 is 2.14 bits per heavy atom. The summed E-state index contributed by atoms with van der Waals surface area (Å²) < 4.78 is 0. The molecule has 0 rings (SSSR count). The Labute approximate surface area is 93.5 Å². The largest absolute Gasteiger partial charge is 0.512 e. The van der Waals surface area contributed by atoms with Gasteiger partial charge in [0, 0.05) is 22.5 Å². The van der Waals surface area contributed by atoms with E-state index in [0.717, 1.165) is 0 Å². The molecule has 0 aliphatic carbocycles. The van der Waals surface area contributed by atoms with Crippen molar-refractivity contribution in [2.45, 2.75) is 20.8 Å². The molecule has 0 heterocycles. The number of allylic oxidation sites excluding steroid dienone is 1. The van der Waals surface area contributed by atoms with Crippen LogP contribution >= 0.6 is 0 Å². The van der Waals surface area contributed by atoms with Crippen LogP contribution in [0.3, 0.4) is 0 Å². The maximum atomic E-state index is 10.8. The molecule has 14 heavy (non-hydrogen) atoms. The van der Waals surface area contributed by atoms with Crippen LogP contribution in [0.25, 0.3) is 4.85 Å². The van der Waals surface area contributed by atoms with Gasteiger partial charge in [0.2, 0.25) is 0 Å². The molecule has 0 aromatic rings. The van der Waals surface area contributed by atoms with Crippen molar-refractivity contribution in [3.63, 3.8) is 0 Å². The first-order valence-corrected chi connectivity index (χ1v) is 3.60. The Bertz CT molecular complexity index is 339. The number of nitriles is 1. The maximum absolute atomic E-state index is 10.8. The van der Waals surface area contributed by atoms with Crippen molar-refractivity contribution < 1.29 is 27.0 Å². The van der Waals surface area contributed by atoms with Gasteiger partial charge in [-0.15, -0.1) is 0 Å². The van der Waals surface area contributed by atoms with Crippen molar-refractivity contribution in [1.29, 1.82) is 5.26 Å². The minimum absolute atomic E-state index is 0. The average Bonchev–Trinajstić information content (AvgIpc) is 2.03. The van der Waals surface area contributed by atoms with Gasteiger partial charge in [0.25, 0.3) is 0 Å². The molecule has 0 aliphatic rings. The van der Waals surface area contributed by atoms with Gasteiger partial charge in [-0.1, -0.05) is 20.8 Å². The van der Waals surface area contributed by atoms with Crippen LogP contribution in [0.5, 0.6) is 0 Å². The van der Waals surface area contributed by atoms with Crippen LogP contribution in [0.1, 0.15) is 20.8 Å². The third-order valence-electron chi connectivity index (χ3n) is 1.37. The van der Waals surface area contributed by atoms with Crippen LogP contribution < -0.4 is 0 Å². The first-order valence-electron chi connectivity index (χ1n) is 3.60. The monoisotopic (exact) mass is 241 g/mol. The molecule has 0 aromatic heterocycles. The molecule has 1 radical (unpaired) electrons. The minimum Gasteiger partial charge on any atom is -0.512 e. The normalized spacial score (nSPS) is 11.5. The van der Waals surface area contributed by atoms with E-state index in [2.05, 4.69) is 4.85 Å². The number of hydrogen-bond donors (Lipinski definition) is 1. The van der Waals surface area contributed by atoms with E-state index in [1.165, 1.54) is 6.07 Å². The Morgan fingerprint density at radius 2 is 1.93 bits per heavy atom. The summed E-state index contributed by atoms with van der Waals surface area (Å²) >= 11 is 0. The number of hydrogen-bond acceptors (Lipinski definition) is 3. The Morgan fingerprint density at radius 1 is 1.50 bits per heavy atom. The van der Waals surface area contributed by atoms with E-state index in [0.29, 0.717) is 0 Å². The summed E-state index contributed by atoms with van der Waals surface area (Å²) in [6, 6.07) is 1.53. The standard InChI is InChI=1S/C9H10N2O2.Cu/c1-9(2,3)7(12)6(5-10)8(13)11-4;/h12H,1-3H3;/b7-6-;. The molecular weight excluding hydrogens is 232 g/mol. The van der Waals surface area contributed by atoms with E-state index in [9.17, 15) is 9.90 Å². The van der Waals surface area contributed by atoms with Gasteiger partial charge in [-0.25, -0.2) is 0 Å². The van der Waals surface area contributed by atoms with Crippen LogP contribution in [0.4, 0.5) is 0 Å². The molecule has 0 atom stereocenters. The number of aliphatic hydroxyl groups is 1. The van der Waals surface area contributed by atoms with Crippen LogP contribution in [-0.2, 0) is 21.9 Å². The summed E-state index contributed by atoms with van der Waals surface area (Å²) in [6.45, 7) is 11.4. The summed E-state index contributed by atoms with van der Waals surface area (Å²) in [5.74, 6) is -1.36. The number of carbonyl (C=O) groups excluding carboxylic acids is 1. The van der Waals surface area contributed by atoms with Crippen molar-refractivity contribution in [3.05, 3.63) is 22.7 Å². The second-order valence-electron chi connectivity index (χ2n) is 3.50. The fourth-order valence-electron chi connectivity index (χ4n) is 0.633. The fourth-order valence-corrected chi connectivity index (χ4v) is 0.633. The molecule has 5 heteroatoms. The molecular formula is C9H10CuN2O2. The van der Waals surface area contributed by atoms with Crippen LogP contribution in [0.15, 0.2) is 11.3 Å². The molecule has 1 amide bonds. The van der Waals surface area contributed by atoms with Gasteiger partial charge in [0.05, 0.1) is 12.6 Å². The zero-order valence-electron chi connectivity index (χ0n) is 8.05. The molecule has 0 aromatic carbocycles. The molecule has 0 aliphatic heterocycles. The molecule has 1 N–H and O–H groups in total. The van der Waals surface area contributed by atoms with Crippen molar-refractivity contribution >= 4 is 5.91 Å². The maximum Gasteiger partial charge on any atom is 0.399 e. The summed E-state index contributed by atoms with van der Waals surface area (Å²) in [5, 5.41) is 18.0. The van der Waals surface area contributed by atoms with Crippen LogP contribution in [-0.4, -0.2) is 11.0 Å². The van der Waals surface area contributed by atoms with Crippen molar-refractivity contribution in [1.82, 2.24) is 0 Å². The molecule has 0 saturated heterocycles. The quantitative estimate of drug-likeness (QED) is 0.250. The smallest absolute Gasteiger partial charge is 0.399 e. The number of carbonyl (C=O) groups is 1. The van der Waals surface area contributed by atoms with Gasteiger partial charge in [-0.05, 0) is 0 Å². The predicted molar refractivity (Wildman–Crippen MR) is 46.3 cm³/mol. The number of rotatable bonds is 1. The summed E-state index contributed by atoms with van der Waals surface area (Å²) in [7, 11) is 0. The van der Waals surface area contributed by atoms with Gasteiger partial charge >= 0.3 is 5.91 Å². The number of aliphatic hydroxyl groups excluding tert-OH is 1. The first-order chi connectivity index (χ1) is 5.84. The molecule has 0 fully saturated rings. The third-order valence-corrected chi connectivity index (χ3v) is 1.37. The average molecular weight is 242 g/mol. The van der Waals surface area contributed by atoms with Crippen molar-refractivity contribution in [2.75, 3.05) is 0 Å². The SMILES string of the molecule is [C-]#[N+]C(=O)/C(C#N)=C(\O)C(C)(C)C.[Cu]. The zero-order chi connectivity index (χ0) is 10.6. The van der Waals surface area contributed by atoms with E-state index in [4.69, 9.17) is 11.8 Å². The van der Waals surface area contributed by atoms with Crippen molar-refractivity contribution in [3.8, 4) is 6.07 Å². The topological polar surface area (TPSA) is 65.5 Å². The molecule has 0 bridgehead atoms. The Hall–Kier alpha value is -1.29. The summed E-state index contributed by atoms with van der Waals surface area (Å²) in [4.78, 5) is 13.4. The predicted octanol–water partition coefficient (Wildman–Crippen LogP) is 1.81. The third kappa shape index (κ3) is 3.62. The zero-order valence-corrected chi connectivity index (χ0v) is 8.99. The molecule has 79 valence electrons. The van der Waals surface area contributed by atoms with E-state index < -0.39 is 16.9 Å². The van der Waals surface area contributed by atoms with Crippen LogP contribution in [0, 0.1) is 23.3 Å². The number of amides is 1. The van der Waals surface area contributed by atoms with Gasteiger partial charge < -0.3 is 9.90 Å². The van der Waals surface area contributed by atoms with Gasteiger partial charge in [-0.2, -0.15) is 10.1 Å². The van der Waals surface area contributed by atoms with Crippen molar-refractivity contribution in [2.24, 2.45) is 5.41 Å². The summed E-state index contributed by atoms with van der Waals surface area (Å²) in [6.07, 6.45) is 0. The summed E-state index contributed by atoms with van der Waals surface area (Å²) in [5.41, 5.74) is -1.16.